The maximum Gasteiger partial charge on any atom is 0.317 e. The predicted octanol–water partition coefficient (Wildman–Crippen LogP) is 2.91. The Hall–Kier alpha value is -2.08. The van der Waals surface area contributed by atoms with Gasteiger partial charge >= 0.3 is 6.03 Å². The van der Waals surface area contributed by atoms with Gasteiger partial charge in [0.25, 0.3) is 0 Å². The number of hydrogen-bond donors (Lipinski definition) is 1. The van der Waals surface area contributed by atoms with Gasteiger partial charge in [-0.3, -0.25) is 4.68 Å². The van der Waals surface area contributed by atoms with Crippen LogP contribution >= 0.6 is 11.6 Å². The van der Waals surface area contributed by atoms with Crippen molar-refractivity contribution in [2.75, 3.05) is 13.1 Å². The monoisotopic (exact) mass is 336 g/mol. The normalized spacial score (nSPS) is 17.5. The Bertz CT molecular complexity index is 718. The Kier molecular flexibility index (Phi) is 4.52. The minimum atomic E-state index is -0.410. The van der Waals surface area contributed by atoms with Crippen LogP contribution in [0, 0.1) is 5.82 Å². The minimum Gasteiger partial charge on any atom is -0.334 e. The number of benzene rings is 1. The molecule has 0 radical (unpaired) electrons. The van der Waals surface area contributed by atoms with Gasteiger partial charge in [0.15, 0.2) is 0 Å². The van der Waals surface area contributed by atoms with Crippen LogP contribution in [0.5, 0.6) is 0 Å². The van der Waals surface area contributed by atoms with E-state index in [2.05, 4.69) is 10.4 Å². The molecule has 1 aliphatic heterocycles. The van der Waals surface area contributed by atoms with Gasteiger partial charge < -0.3 is 10.2 Å². The molecule has 0 bridgehead atoms. The smallest absolute Gasteiger partial charge is 0.317 e. The fraction of sp³-hybridized carbons (Fsp3) is 0.375. The van der Waals surface area contributed by atoms with E-state index < -0.39 is 5.82 Å². The average molecular weight is 337 g/mol. The van der Waals surface area contributed by atoms with Crippen LogP contribution < -0.4 is 5.32 Å². The number of urea groups is 1. The molecule has 0 spiro atoms. The van der Waals surface area contributed by atoms with Crippen molar-refractivity contribution in [3.8, 4) is 0 Å². The van der Waals surface area contributed by atoms with Crippen molar-refractivity contribution in [2.24, 2.45) is 7.05 Å². The van der Waals surface area contributed by atoms with E-state index in [1.165, 1.54) is 6.07 Å². The topological polar surface area (TPSA) is 50.2 Å². The molecule has 23 heavy (non-hydrogen) atoms. The summed E-state index contributed by atoms with van der Waals surface area (Å²) in [5, 5.41) is 7.27. The van der Waals surface area contributed by atoms with E-state index in [1.54, 1.807) is 21.7 Å². The first kappa shape index (κ1) is 15.8. The standard InChI is InChI=1S/C16H18ClFN4O/c1-21-9-13(8-20-21)12-4-5-22(10-12)16(23)19-7-11-2-3-14(17)6-15(11)18/h2-3,6,8-9,12H,4-5,7,10H2,1H3,(H,19,23)/t12-/m1/s1. The fourth-order valence-electron chi connectivity index (χ4n) is 2.82. The molecule has 3 rings (SSSR count). The van der Waals surface area contributed by atoms with Crippen molar-refractivity contribution in [3.05, 3.63) is 52.6 Å². The van der Waals surface area contributed by atoms with E-state index in [-0.39, 0.29) is 12.6 Å². The van der Waals surface area contributed by atoms with Crippen LogP contribution in [0.2, 0.25) is 5.02 Å². The first-order valence-corrected chi connectivity index (χ1v) is 7.86. The molecule has 0 aliphatic carbocycles. The van der Waals surface area contributed by atoms with Gasteiger partial charge in [0.2, 0.25) is 0 Å². The Morgan fingerprint density at radius 3 is 3.04 bits per heavy atom. The van der Waals surface area contributed by atoms with Gasteiger partial charge in [-0.1, -0.05) is 17.7 Å². The zero-order chi connectivity index (χ0) is 16.4. The molecule has 0 unspecified atom stereocenters. The van der Waals surface area contributed by atoms with Crippen molar-refractivity contribution in [3.63, 3.8) is 0 Å². The maximum atomic E-state index is 13.7. The maximum absolute atomic E-state index is 13.7. The summed E-state index contributed by atoms with van der Waals surface area (Å²) in [7, 11) is 1.88. The largest absolute Gasteiger partial charge is 0.334 e. The van der Waals surface area contributed by atoms with E-state index in [1.807, 2.05) is 19.4 Å². The SMILES string of the molecule is Cn1cc([C@@H]2CCN(C(=O)NCc3ccc(Cl)cc3F)C2)cn1. The molecule has 2 amide bonds. The molecule has 1 aromatic carbocycles. The molecule has 1 saturated heterocycles. The first-order valence-electron chi connectivity index (χ1n) is 7.48. The highest BCUT2D eigenvalue weighted by molar-refractivity contribution is 6.30. The number of carbonyl (C=O) groups is 1. The number of amides is 2. The highest BCUT2D eigenvalue weighted by Crippen LogP contribution is 2.26. The number of aromatic nitrogens is 2. The van der Waals surface area contributed by atoms with E-state index in [9.17, 15) is 9.18 Å². The summed E-state index contributed by atoms with van der Waals surface area (Å²) in [4.78, 5) is 14.0. The highest BCUT2D eigenvalue weighted by atomic mass is 35.5. The molecule has 1 N–H and O–H groups in total. The molecule has 2 aromatic rings. The summed E-state index contributed by atoms with van der Waals surface area (Å²) < 4.78 is 15.5. The number of nitrogens with zero attached hydrogens (tertiary/aromatic N) is 3. The minimum absolute atomic E-state index is 0.149. The second-order valence-corrected chi connectivity index (χ2v) is 6.21. The lowest BCUT2D eigenvalue weighted by Crippen LogP contribution is -2.38. The van der Waals surface area contributed by atoms with Crippen LogP contribution in [-0.2, 0) is 13.6 Å². The van der Waals surface area contributed by atoms with E-state index in [4.69, 9.17) is 11.6 Å². The molecule has 5 nitrogen and oxygen atoms in total. The van der Waals surface area contributed by atoms with Gasteiger partial charge in [0.05, 0.1) is 6.20 Å². The zero-order valence-corrected chi connectivity index (χ0v) is 13.6. The van der Waals surface area contributed by atoms with Crippen LogP contribution in [-0.4, -0.2) is 33.8 Å². The van der Waals surface area contributed by atoms with E-state index in [0.717, 1.165) is 12.0 Å². The molecule has 1 atom stereocenters. The second-order valence-electron chi connectivity index (χ2n) is 5.77. The lowest BCUT2D eigenvalue weighted by Gasteiger charge is -2.17. The highest BCUT2D eigenvalue weighted by Gasteiger charge is 2.28. The van der Waals surface area contributed by atoms with E-state index in [0.29, 0.717) is 29.6 Å². The fourth-order valence-corrected chi connectivity index (χ4v) is 2.97. The molecule has 1 aromatic heterocycles. The van der Waals surface area contributed by atoms with Gasteiger partial charge in [0.1, 0.15) is 5.82 Å². The summed E-state index contributed by atoms with van der Waals surface area (Å²) in [6.45, 7) is 1.49. The Morgan fingerprint density at radius 2 is 2.35 bits per heavy atom. The van der Waals surface area contributed by atoms with Gasteiger partial charge in [-0.15, -0.1) is 0 Å². The lowest BCUT2D eigenvalue weighted by molar-refractivity contribution is 0.207. The molecule has 1 aliphatic rings. The van der Waals surface area contributed by atoms with E-state index >= 15 is 0 Å². The summed E-state index contributed by atoms with van der Waals surface area (Å²) in [6.07, 6.45) is 4.73. The van der Waals surface area contributed by atoms with Crippen LogP contribution in [0.25, 0.3) is 0 Å². The second kappa shape index (κ2) is 6.58. The van der Waals surface area contributed by atoms with Crippen LogP contribution in [0.4, 0.5) is 9.18 Å². The summed E-state index contributed by atoms with van der Waals surface area (Å²) in [6, 6.07) is 4.27. The predicted molar refractivity (Wildman–Crippen MR) is 85.8 cm³/mol. The Balaban J connectivity index is 1.55. The van der Waals surface area contributed by atoms with Crippen molar-refractivity contribution in [2.45, 2.75) is 18.9 Å². The summed E-state index contributed by atoms with van der Waals surface area (Å²) in [5.74, 6) is -0.103. The third-order valence-corrected chi connectivity index (χ3v) is 4.35. The lowest BCUT2D eigenvalue weighted by atomic mass is 10.0. The zero-order valence-electron chi connectivity index (χ0n) is 12.8. The van der Waals surface area contributed by atoms with Gasteiger partial charge in [-0.25, -0.2) is 9.18 Å². The number of likely N-dealkylation sites (tertiary alicyclic amines) is 1. The molecule has 122 valence electrons. The van der Waals surface area contributed by atoms with Gasteiger partial charge in [-0.05, 0) is 24.1 Å². The first-order chi connectivity index (χ1) is 11.0. The number of rotatable bonds is 3. The molecule has 1 fully saturated rings. The van der Waals surface area contributed by atoms with Crippen LogP contribution in [0.15, 0.2) is 30.6 Å². The molecule has 7 heteroatoms. The Morgan fingerprint density at radius 1 is 1.52 bits per heavy atom. The number of carbonyl (C=O) groups excluding carboxylic acids is 1. The van der Waals surface area contributed by atoms with Crippen molar-refractivity contribution < 1.29 is 9.18 Å². The summed E-state index contributed by atoms with van der Waals surface area (Å²) in [5.41, 5.74) is 1.57. The van der Waals surface area contributed by atoms with Gasteiger partial charge in [0, 0.05) is 49.4 Å². The van der Waals surface area contributed by atoms with Crippen molar-refractivity contribution >= 4 is 17.6 Å². The summed E-state index contributed by atoms with van der Waals surface area (Å²) >= 11 is 5.72. The molecular weight excluding hydrogens is 319 g/mol. The van der Waals surface area contributed by atoms with Crippen LogP contribution in [0.1, 0.15) is 23.5 Å². The number of aryl methyl sites for hydroxylation is 1. The van der Waals surface area contributed by atoms with Crippen molar-refractivity contribution in [1.82, 2.24) is 20.0 Å². The molecule has 2 heterocycles. The quantitative estimate of drug-likeness (QED) is 0.937. The third kappa shape index (κ3) is 3.64. The Labute approximate surface area is 139 Å². The molecular formula is C16H18ClFN4O. The van der Waals surface area contributed by atoms with Crippen molar-refractivity contribution in [1.29, 1.82) is 0 Å². The van der Waals surface area contributed by atoms with Crippen LogP contribution in [0.3, 0.4) is 0 Å². The third-order valence-electron chi connectivity index (χ3n) is 4.12. The molecule has 0 saturated carbocycles. The number of halogens is 2. The average Bonchev–Trinajstić information content (AvgIpc) is 3.14. The number of nitrogens with one attached hydrogen (secondary N) is 1. The van der Waals surface area contributed by atoms with Gasteiger partial charge in [-0.2, -0.15) is 5.10 Å². The number of hydrogen-bond acceptors (Lipinski definition) is 2.